The van der Waals surface area contributed by atoms with E-state index >= 15 is 0 Å². The lowest BCUT2D eigenvalue weighted by atomic mass is 10.2. The van der Waals surface area contributed by atoms with Gasteiger partial charge in [0.15, 0.2) is 0 Å². The summed E-state index contributed by atoms with van der Waals surface area (Å²) in [5.74, 6) is 0. The molecule has 0 unspecified atom stereocenters. The third-order valence-corrected chi connectivity index (χ3v) is 2.87. The molecule has 0 aliphatic heterocycles. The maximum atomic E-state index is 5.02. The SMILES string of the molecule is CN(CCNCc1ccoc1)Cc1ccccc1. The monoisotopic (exact) mass is 244 g/mol. The van der Waals surface area contributed by atoms with E-state index in [0.29, 0.717) is 0 Å². The molecule has 0 spiro atoms. The summed E-state index contributed by atoms with van der Waals surface area (Å²) in [5, 5.41) is 3.40. The first-order valence-electron chi connectivity index (χ1n) is 6.29. The van der Waals surface area contributed by atoms with Crippen LogP contribution >= 0.6 is 0 Å². The van der Waals surface area contributed by atoms with Crippen molar-refractivity contribution in [3.8, 4) is 0 Å². The van der Waals surface area contributed by atoms with E-state index in [-0.39, 0.29) is 0 Å². The second kappa shape index (κ2) is 6.99. The molecule has 0 bridgehead atoms. The van der Waals surface area contributed by atoms with E-state index in [9.17, 15) is 0 Å². The standard InChI is InChI=1S/C15H20N2O/c1-17(12-14-5-3-2-4-6-14)9-8-16-11-15-7-10-18-13-15/h2-7,10,13,16H,8-9,11-12H2,1H3. The molecule has 2 aromatic rings. The van der Waals surface area contributed by atoms with Crippen LogP contribution in [0.4, 0.5) is 0 Å². The van der Waals surface area contributed by atoms with Crippen molar-refractivity contribution in [3.05, 3.63) is 60.1 Å². The van der Waals surface area contributed by atoms with E-state index in [1.165, 1.54) is 11.1 Å². The summed E-state index contributed by atoms with van der Waals surface area (Å²) < 4.78 is 5.02. The summed E-state index contributed by atoms with van der Waals surface area (Å²) in [6.07, 6.45) is 3.49. The van der Waals surface area contributed by atoms with Crippen LogP contribution in [0.5, 0.6) is 0 Å². The Morgan fingerprint density at radius 2 is 1.94 bits per heavy atom. The normalized spacial score (nSPS) is 11.0. The number of nitrogens with zero attached hydrogens (tertiary/aromatic N) is 1. The molecule has 18 heavy (non-hydrogen) atoms. The number of hydrogen-bond acceptors (Lipinski definition) is 3. The van der Waals surface area contributed by atoms with Gasteiger partial charge in [-0.1, -0.05) is 30.3 Å². The predicted octanol–water partition coefficient (Wildman–Crippen LogP) is 2.50. The minimum Gasteiger partial charge on any atom is -0.472 e. The van der Waals surface area contributed by atoms with Gasteiger partial charge in [0, 0.05) is 31.7 Å². The van der Waals surface area contributed by atoms with Gasteiger partial charge in [0.25, 0.3) is 0 Å². The number of benzene rings is 1. The molecule has 96 valence electrons. The van der Waals surface area contributed by atoms with Crippen molar-refractivity contribution in [2.24, 2.45) is 0 Å². The fourth-order valence-corrected chi connectivity index (χ4v) is 1.87. The van der Waals surface area contributed by atoms with Crippen molar-refractivity contribution in [2.75, 3.05) is 20.1 Å². The van der Waals surface area contributed by atoms with E-state index in [4.69, 9.17) is 4.42 Å². The lowest BCUT2D eigenvalue weighted by molar-refractivity contribution is 0.324. The highest BCUT2D eigenvalue weighted by molar-refractivity contribution is 5.14. The zero-order valence-corrected chi connectivity index (χ0v) is 10.8. The summed E-state index contributed by atoms with van der Waals surface area (Å²) in [5.41, 5.74) is 2.55. The summed E-state index contributed by atoms with van der Waals surface area (Å²) in [6, 6.07) is 12.5. The Bertz CT molecular complexity index is 425. The van der Waals surface area contributed by atoms with Gasteiger partial charge in [-0.3, -0.25) is 0 Å². The highest BCUT2D eigenvalue weighted by Crippen LogP contribution is 2.02. The Morgan fingerprint density at radius 1 is 1.11 bits per heavy atom. The van der Waals surface area contributed by atoms with E-state index in [2.05, 4.69) is 47.6 Å². The third-order valence-electron chi connectivity index (χ3n) is 2.87. The zero-order valence-electron chi connectivity index (χ0n) is 10.8. The maximum Gasteiger partial charge on any atom is 0.0947 e. The topological polar surface area (TPSA) is 28.4 Å². The van der Waals surface area contributed by atoms with E-state index in [1.54, 1.807) is 12.5 Å². The van der Waals surface area contributed by atoms with Crippen LogP contribution in [0.3, 0.4) is 0 Å². The fraction of sp³-hybridized carbons (Fsp3) is 0.333. The molecule has 0 saturated heterocycles. The molecular formula is C15H20N2O. The van der Waals surface area contributed by atoms with E-state index < -0.39 is 0 Å². The summed E-state index contributed by atoms with van der Waals surface area (Å²) in [7, 11) is 2.15. The first-order chi connectivity index (χ1) is 8.84. The van der Waals surface area contributed by atoms with Gasteiger partial charge in [0.2, 0.25) is 0 Å². The molecule has 2 rings (SSSR count). The molecule has 0 aliphatic rings. The molecule has 0 fully saturated rings. The summed E-state index contributed by atoms with van der Waals surface area (Å²) in [6.45, 7) is 3.88. The molecule has 1 aromatic carbocycles. The van der Waals surface area contributed by atoms with Crippen molar-refractivity contribution < 1.29 is 4.42 Å². The number of hydrogen-bond donors (Lipinski definition) is 1. The quantitative estimate of drug-likeness (QED) is 0.759. The third kappa shape index (κ3) is 4.35. The van der Waals surface area contributed by atoms with Gasteiger partial charge in [0.1, 0.15) is 0 Å². The van der Waals surface area contributed by atoms with Crippen LogP contribution in [0.15, 0.2) is 53.3 Å². The molecule has 0 amide bonds. The molecule has 1 heterocycles. The van der Waals surface area contributed by atoms with Crippen LogP contribution in [-0.2, 0) is 13.1 Å². The van der Waals surface area contributed by atoms with E-state index in [0.717, 1.165) is 26.2 Å². The van der Waals surface area contributed by atoms with Crippen molar-refractivity contribution in [3.63, 3.8) is 0 Å². The van der Waals surface area contributed by atoms with Gasteiger partial charge in [-0.05, 0) is 18.7 Å². The lowest BCUT2D eigenvalue weighted by Gasteiger charge is -2.16. The van der Waals surface area contributed by atoms with Crippen LogP contribution in [0.1, 0.15) is 11.1 Å². The number of rotatable bonds is 7. The smallest absolute Gasteiger partial charge is 0.0947 e. The largest absolute Gasteiger partial charge is 0.472 e. The first kappa shape index (κ1) is 12.9. The molecule has 0 radical (unpaired) electrons. The molecule has 1 N–H and O–H groups in total. The first-order valence-corrected chi connectivity index (χ1v) is 6.29. The van der Waals surface area contributed by atoms with Crippen molar-refractivity contribution in [1.82, 2.24) is 10.2 Å². The zero-order chi connectivity index (χ0) is 12.6. The summed E-state index contributed by atoms with van der Waals surface area (Å²) >= 11 is 0. The lowest BCUT2D eigenvalue weighted by Crippen LogP contribution is -2.28. The van der Waals surface area contributed by atoms with Crippen LogP contribution in [0.25, 0.3) is 0 Å². The van der Waals surface area contributed by atoms with Crippen molar-refractivity contribution in [2.45, 2.75) is 13.1 Å². The van der Waals surface area contributed by atoms with Gasteiger partial charge in [-0.25, -0.2) is 0 Å². The van der Waals surface area contributed by atoms with Gasteiger partial charge in [-0.15, -0.1) is 0 Å². The molecule has 0 atom stereocenters. The minimum atomic E-state index is 0.871. The fourth-order valence-electron chi connectivity index (χ4n) is 1.87. The van der Waals surface area contributed by atoms with Gasteiger partial charge in [-0.2, -0.15) is 0 Å². The Morgan fingerprint density at radius 3 is 2.67 bits per heavy atom. The minimum absolute atomic E-state index is 0.871. The number of nitrogens with one attached hydrogen (secondary N) is 1. The Balaban J connectivity index is 1.62. The average Bonchev–Trinajstić information content (AvgIpc) is 2.89. The van der Waals surface area contributed by atoms with Gasteiger partial charge < -0.3 is 14.6 Å². The van der Waals surface area contributed by atoms with Crippen LogP contribution in [-0.4, -0.2) is 25.0 Å². The molecule has 0 aliphatic carbocycles. The molecular weight excluding hydrogens is 224 g/mol. The van der Waals surface area contributed by atoms with Crippen molar-refractivity contribution in [1.29, 1.82) is 0 Å². The Labute approximate surface area is 108 Å². The molecule has 3 heteroatoms. The number of likely N-dealkylation sites (N-methyl/N-ethyl adjacent to an activating group) is 1. The predicted molar refractivity (Wildman–Crippen MR) is 73.2 cm³/mol. The van der Waals surface area contributed by atoms with Crippen molar-refractivity contribution >= 4 is 0 Å². The Hall–Kier alpha value is -1.58. The van der Waals surface area contributed by atoms with Crippen LogP contribution in [0.2, 0.25) is 0 Å². The molecule has 0 saturated carbocycles. The molecule has 1 aromatic heterocycles. The number of furan rings is 1. The van der Waals surface area contributed by atoms with E-state index in [1.807, 2.05) is 6.07 Å². The second-order valence-electron chi connectivity index (χ2n) is 4.53. The maximum absolute atomic E-state index is 5.02. The van der Waals surface area contributed by atoms with Crippen LogP contribution < -0.4 is 5.32 Å². The summed E-state index contributed by atoms with van der Waals surface area (Å²) in [4.78, 5) is 2.32. The Kier molecular flexibility index (Phi) is 5.00. The van der Waals surface area contributed by atoms with Gasteiger partial charge >= 0.3 is 0 Å². The molecule has 3 nitrogen and oxygen atoms in total. The highest BCUT2D eigenvalue weighted by Gasteiger charge is 1.99. The highest BCUT2D eigenvalue weighted by atomic mass is 16.3. The second-order valence-corrected chi connectivity index (χ2v) is 4.53. The van der Waals surface area contributed by atoms with Crippen LogP contribution in [0, 0.1) is 0 Å². The van der Waals surface area contributed by atoms with Gasteiger partial charge in [0.05, 0.1) is 12.5 Å². The average molecular weight is 244 g/mol.